The van der Waals surface area contributed by atoms with Crippen LogP contribution in [0.15, 0.2) is 17.2 Å². The SMILES string of the molecule is CC1=[C-]C(C(F)(F)F)=CC1.[Cl-].[Cl-].[Zr+3]. The van der Waals surface area contributed by atoms with Crippen LogP contribution in [0.1, 0.15) is 13.3 Å². The zero-order valence-corrected chi connectivity index (χ0v) is 10.6. The number of halogens is 5. The number of hydrogen-bond acceptors (Lipinski definition) is 0. The summed E-state index contributed by atoms with van der Waals surface area (Å²) in [5, 5.41) is 0. The minimum Gasteiger partial charge on any atom is -1.00 e. The van der Waals surface area contributed by atoms with Gasteiger partial charge in [0.1, 0.15) is 0 Å². The maximum absolute atomic E-state index is 11.8. The molecule has 0 aromatic carbocycles. The van der Waals surface area contributed by atoms with Gasteiger partial charge < -0.3 is 24.8 Å². The first-order valence-electron chi connectivity index (χ1n) is 2.87. The molecule has 0 heterocycles. The minimum atomic E-state index is -4.21. The Labute approximate surface area is 107 Å². The minimum absolute atomic E-state index is 0. The molecule has 0 aliphatic heterocycles. The molecule has 0 saturated heterocycles. The van der Waals surface area contributed by atoms with E-state index in [0.717, 1.165) is 6.08 Å². The molecule has 0 nitrogen and oxygen atoms in total. The fourth-order valence-electron chi connectivity index (χ4n) is 0.774. The first-order valence-corrected chi connectivity index (χ1v) is 2.87. The van der Waals surface area contributed by atoms with E-state index in [4.69, 9.17) is 0 Å². The summed E-state index contributed by atoms with van der Waals surface area (Å²) in [4.78, 5) is 0. The van der Waals surface area contributed by atoms with E-state index in [1.54, 1.807) is 6.92 Å². The molecule has 13 heavy (non-hydrogen) atoms. The summed E-state index contributed by atoms with van der Waals surface area (Å²) < 4.78 is 35.4. The van der Waals surface area contributed by atoms with Crippen LogP contribution in [0, 0.1) is 6.08 Å². The molecule has 0 fully saturated rings. The van der Waals surface area contributed by atoms with E-state index in [1.165, 1.54) is 0 Å². The summed E-state index contributed by atoms with van der Waals surface area (Å²) in [5.74, 6) is 0. The molecule has 0 amide bonds. The maximum atomic E-state index is 11.8. The normalized spacial score (nSPS) is 14.5. The molecule has 73 valence electrons. The second kappa shape index (κ2) is 7.08. The number of hydrogen-bond donors (Lipinski definition) is 0. The maximum Gasteiger partial charge on any atom is 3.00 e. The Morgan fingerprint density at radius 2 is 1.77 bits per heavy atom. The predicted octanol–water partition coefficient (Wildman–Crippen LogP) is -3.37. The van der Waals surface area contributed by atoms with Crippen LogP contribution in [0.4, 0.5) is 13.2 Å². The average Bonchev–Trinajstić information content (AvgIpc) is 2.11. The Bertz CT molecular complexity index is 208. The van der Waals surface area contributed by atoms with Crippen LogP contribution in [-0.4, -0.2) is 6.18 Å². The van der Waals surface area contributed by atoms with Crippen LogP contribution in [0.3, 0.4) is 0 Å². The Morgan fingerprint density at radius 3 is 1.92 bits per heavy atom. The summed E-state index contributed by atoms with van der Waals surface area (Å²) in [5.41, 5.74) is 0.0114. The van der Waals surface area contributed by atoms with Gasteiger partial charge in [-0.1, -0.05) is 13.3 Å². The third-order valence-electron chi connectivity index (χ3n) is 1.27. The first kappa shape index (κ1) is 19.3. The molecule has 0 saturated carbocycles. The summed E-state index contributed by atoms with van der Waals surface area (Å²) in [7, 11) is 0. The molecule has 0 bridgehead atoms. The van der Waals surface area contributed by atoms with Gasteiger partial charge in [-0.2, -0.15) is 18.7 Å². The van der Waals surface area contributed by atoms with E-state index in [9.17, 15) is 13.2 Å². The molecular weight excluding hydrogens is 303 g/mol. The molecule has 1 rings (SSSR count). The molecule has 0 atom stereocenters. The van der Waals surface area contributed by atoms with Gasteiger partial charge in [0.2, 0.25) is 0 Å². The van der Waals surface area contributed by atoms with Gasteiger partial charge in [-0.25, -0.2) is 12.2 Å². The van der Waals surface area contributed by atoms with Crippen LogP contribution < -0.4 is 24.8 Å². The van der Waals surface area contributed by atoms with Gasteiger partial charge in [0.15, 0.2) is 0 Å². The summed E-state index contributed by atoms with van der Waals surface area (Å²) >= 11 is 0. The molecule has 0 spiro atoms. The van der Waals surface area contributed by atoms with E-state index >= 15 is 0 Å². The molecule has 1 aliphatic rings. The second-order valence-corrected chi connectivity index (χ2v) is 2.23. The van der Waals surface area contributed by atoms with Crippen LogP contribution in [0.25, 0.3) is 0 Å². The quantitative estimate of drug-likeness (QED) is 0.410. The van der Waals surface area contributed by atoms with Crippen LogP contribution in [0.5, 0.6) is 0 Å². The van der Waals surface area contributed by atoms with Crippen LogP contribution in [0.2, 0.25) is 0 Å². The third kappa shape index (κ3) is 5.93. The van der Waals surface area contributed by atoms with E-state index in [0.29, 0.717) is 12.0 Å². The fraction of sp³-hybridized carbons (Fsp3) is 0.429. The van der Waals surface area contributed by atoms with E-state index in [2.05, 4.69) is 6.08 Å². The van der Waals surface area contributed by atoms with Crippen molar-refractivity contribution in [2.45, 2.75) is 19.5 Å². The van der Waals surface area contributed by atoms with Gasteiger partial charge in [-0.05, 0) is 0 Å². The van der Waals surface area contributed by atoms with Crippen molar-refractivity contribution in [2.24, 2.45) is 0 Å². The van der Waals surface area contributed by atoms with Gasteiger partial charge in [-0.3, -0.25) is 0 Å². The number of allylic oxidation sites excluding steroid dienone is 4. The van der Waals surface area contributed by atoms with Crippen molar-refractivity contribution in [1.82, 2.24) is 0 Å². The van der Waals surface area contributed by atoms with Crippen LogP contribution in [-0.2, 0) is 26.2 Å². The molecular formula is C7H6Cl2F3Zr. The Kier molecular flexibility index (Phi) is 10.5. The fourth-order valence-corrected chi connectivity index (χ4v) is 0.774. The molecule has 0 aromatic rings. The van der Waals surface area contributed by atoms with Gasteiger partial charge in [0.25, 0.3) is 0 Å². The topological polar surface area (TPSA) is 0 Å². The Hall–Kier alpha value is 0.733. The van der Waals surface area contributed by atoms with Crippen molar-refractivity contribution >= 4 is 0 Å². The molecule has 1 radical (unpaired) electrons. The van der Waals surface area contributed by atoms with Crippen molar-refractivity contribution < 1.29 is 64.2 Å². The van der Waals surface area contributed by atoms with E-state index in [-0.39, 0.29) is 51.0 Å². The molecule has 0 unspecified atom stereocenters. The van der Waals surface area contributed by atoms with Crippen molar-refractivity contribution in [2.75, 3.05) is 0 Å². The van der Waals surface area contributed by atoms with Crippen LogP contribution >= 0.6 is 0 Å². The Morgan fingerprint density at radius 1 is 1.31 bits per heavy atom. The molecule has 1 aliphatic carbocycles. The first-order chi connectivity index (χ1) is 4.50. The van der Waals surface area contributed by atoms with E-state index in [1.807, 2.05) is 0 Å². The van der Waals surface area contributed by atoms with Gasteiger partial charge in [0, 0.05) is 0 Å². The van der Waals surface area contributed by atoms with Gasteiger partial charge in [0.05, 0.1) is 0 Å². The largest absolute Gasteiger partial charge is 3.00 e. The predicted molar refractivity (Wildman–Crippen MR) is 31.2 cm³/mol. The van der Waals surface area contributed by atoms with E-state index < -0.39 is 11.7 Å². The smallest absolute Gasteiger partial charge is 1.00 e. The Balaban J connectivity index is -0.000000333. The standard InChI is InChI=1S/C7H6F3.2ClH.Zr/c1-5-2-3-6(4-5)7(8,9)10;;;/h3H,2H2,1H3;2*1H;/q-1;;;+3/p-2. The van der Waals surface area contributed by atoms with Gasteiger partial charge >= 0.3 is 32.4 Å². The zero-order valence-electron chi connectivity index (χ0n) is 6.67. The third-order valence-corrected chi connectivity index (χ3v) is 1.27. The zero-order chi connectivity index (χ0) is 7.78. The summed E-state index contributed by atoms with van der Waals surface area (Å²) in [6, 6.07) is 0. The van der Waals surface area contributed by atoms with Gasteiger partial charge in [-0.15, -0.1) is 5.57 Å². The summed E-state index contributed by atoms with van der Waals surface area (Å²) in [6.45, 7) is 1.63. The average molecular weight is 309 g/mol. The number of rotatable bonds is 0. The van der Waals surface area contributed by atoms with Crippen molar-refractivity contribution in [3.8, 4) is 0 Å². The van der Waals surface area contributed by atoms with Crippen molar-refractivity contribution in [3.63, 3.8) is 0 Å². The molecule has 6 heteroatoms. The molecule has 0 N–H and O–H groups in total. The van der Waals surface area contributed by atoms with Crippen molar-refractivity contribution in [3.05, 3.63) is 23.3 Å². The summed E-state index contributed by atoms with van der Waals surface area (Å²) in [6.07, 6.45) is -0.432. The monoisotopic (exact) mass is 307 g/mol. The number of alkyl halides is 3. The second-order valence-electron chi connectivity index (χ2n) is 2.23. The van der Waals surface area contributed by atoms with Crippen molar-refractivity contribution in [1.29, 1.82) is 0 Å². The molecule has 0 aromatic heterocycles.